The number of rotatable bonds is 6. The fourth-order valence-electron chi connectivity index (χ4n) is 3.31. The molecule has 1 amide bonds. The second-order valence-corrected chi connectivity index (χ2v) is 9.46. The van der Waals surface area contributed by atoms with Gasteiger partial charge in [-0.25, -0.2) is 13.6 Å². The number of nitrogens with two attached hydrogens (primary N) is 1. The van der Waals surface area contributed by atoms with Crippen LogP contribution in [0.2, 0.25) is 0 Å². The molecule has 0 saturated carbocycles. The molecule has 4 aromatic rings. The SMILES string of the molecule is CCOCCn1c(=NC(=O)c2ccc3ccccc3c2)sc2cc(S(N)(=O)=O)ccc21. The van der Waals surface area contributed by atoms with Gasteiger partial charge in [0, 0.05) is 18.7 Å². The zero-order valence-electron chi connectivity index (χ0n) is 16.8. The standard InChI is InChI=1S/C22H21N3O4S2/c1-2-29-12-11-25-19-10-9-18(31(23,27)28)14-20(19)30-22(25)24-21(26)17-8-7-15-5-3-4-6-16(15)13-17/h3-10,13-14H,2,11-12H2,1H3,(H2,23,27,28). The van der Waals surface area contributed by atoms with Crippen LogP contribution in [0, 0.1) is 0 Å². The Bertz CT molecular complexity index is 1450. The Morgan fingerprint density at radius 1 is 1.10 bits per heavy atom. The summed E-state index contributed by atoms with van der Waals surface area (Å²) in [5, 5.41) is 7.27. The monoisotopic (exact) mass is 455 g/mol. The third-order valence-electron chi connectivity index (χ3n) is 4.84. The number of sulfonamides is 1. The molecule has 0 aliphatic heterocycles. The summed E-state index contributed by atoms with van der Waals surface area (Å²) in [7, 11) is -3.83. The van der Waals surface area contributed by atoms with Crippen molar-refractivity contribution >= 4 is 48.3 Å². The van der Waals surface area contributed by atoms with Crippen LogP contribution in [0.15, 0.2) is 70.6 Å². The van der Waals surface area contributed by atoms with E-state index in [9.17, 15) is 13.2 Å². The number of primary sulfonamides is 1. The largest absolute Gasteiger partial charge is 0.380 e. The van der Waals surface area contributed by atoms with Gasteiger partial charge >= 0.3 is 0 Å². The second-order valence-electron chi connectivity index (χ2n) is 6.89. The van der Waals surface area contributed by atoms with Crippen molar-refractivity contribution in [2.45, 2.75) is 18.4 Å². The molecular formula is C22H21N3O4S2. The molecule has 1 aromatic heterocycles. The van der Waals surface area contributed by atoms with Gasteiger partial charge in [-0.3, -0.25) is 4.79 Å². The number of hydrogen-bond donors (Lipinski definition) is 1. The first-order valence-corrected chi connectivity index (χ1v) is 12.0. The molecule has 0 saturated heterocycles. The Morgan fingerprint density at radius 3 is 2.61 bits per heavy atom. The van der Waals surface area contributed by atoms with E-state index >= 15 is 0 Å². The highest BCUT2D eigenvalue weighted by atomic mass is 32.2. The number of nitrogens with zero attached hydrogens (tertiary/aromatic N) is 2. The van der Waals surface area contributed by atoms with Crippen LogP contribution in [-0.2, 0) is 21.3 Å². The molecular weight excluding hydrogens is 434 g/mol. The summed E-state index contributed by atoms with van der Waals surface area (Å²) in [4.78, 5) is 17.8. The van der Waals surface area contributed by atoms with E-state index in [-0.39, 0.29) is 10.8 Å². The van der Waals surface area contributed by atoms with Crippen LogP contribution in [0.1, 0.15) is 17.3 Å². The van der Waals surface area contributed by atoms with Gasteiger partial charge in [0.2, 0.25) is 10.0 Å². The highest BCUT2D eigenvalue weighted by Gasteiger charge is 2.14. The van der Waals surface area contributed by atoms with Crippen molar-refractivity contribution in [3.05, 3.63) is 71.0 Å². The van der Waals surface area contributed by atoms with Gasteiger partial charge in [-0.05, 0) is 48.0 Å². The molecule has 31 heavy (non-hydrogen) atoms. The van der Waals surface area contributed by atoms with Crippen molar-refractivity contribution in [3.8, 4) is 0 Å². The average molecular weight is 456 g/mol. The first-order valence-electron chi connectivity index (χ1n) is 9.68. The number of carbonyl (C=O) groups excluding carboxylic acids is 1. The van der Waals surface area contributed by atoms with Crippen LogP contribution in [0.4, 0.5) is 0 Å². The Balaban J connectivity index is 1.81. The van der Waals surface area contributed by atoms with Crippen LogP contribution in [0.5, 0.6) is 0 Å². The molecule has 9 heteroatoms. The van der Waals surface area contributed by atoms with Gasteiger partial charge in [0.1, 0.15) is 0 Å². The van der Waals surface area contributed by atoms with Gasteiger partial charge in [0.25, 0.3) is 5.91 Å². The number of carbonyl (C=O) groups is 1. The highest BCUT2D eigenvalue weighted by Crippen LogP contribution is 2.22. The molecule has 0 spiro atoms. The molecule has 0 aliphatic rings. The first kappa shape index (κ1) is 21.4. The molecule has 0 radical (unpaired) electrons. The topological polar surface area (TPSA) is 104 Å². The zero-order valence-corrected chi connectivity index (χ0v) is 18.4. The molecule has 1 heterocycles. The number of benzene rings is 3. The maximum Gasteiger partial charge on any atom is 0.279 e. The lowest BCUT2D eigenvalue weighted by atomic mass is 10.1. The number of thiazole rings is 1. The molecule has 3 aromatic carbocycles. The predicted molar refractivity (Wildman–Crippen MR) is 122 cm³/mol. The zero-order chi connectivity index (χ0) is 22.0. The minimum atomic E-state index is -3.83. The third kappa shape index (κ3) is 4.59. The molecule has 4 rings (SSSR count). The number of ether oxygens (including phenoxy) is 1. The summed E-state index contributed by atoms with van der Waals surface area (Å²) in [6.07, 6.45) is 0. The summed E-state index contributed by atoms with van der Waals surface area (Å²) >= 11 is 1.24. The number of fused-ring (bicyclic) bond motifs is 2. The lowest BCUT2D eigenvalue weighted by Crippen LogP contribution is -2.19. The molecule has 0 fully saturated rings. The molecule has 0 bridgehead atoms. The van der Waals surface area contributed by atoms with Gasteiger partial charge in [-0.15, -0.1) is 0 Å². The Hall–Kier alpha value is -2.85. The molecule has 160 valence electrons. The fraction of sp³-hybridized carbons (Fsp3) is 0.182. The van der Waals surface area contributed by atoms with Gasteiger partial charge in [0.15, 0.2) is 4.80 Å². The molecule has 7 nitrogen and oxygen atoms in total. The summed E-state index contributed by atoms with van der Waals surface area (Å²) in [6, 6.07) is 17.9. The first-order chi connectivity index (χ1) is 14.9. The van der Waals surface area contributed by atoms with Crippen LogP contribution >= 0.6 is 11.3 Å². The summed E-state index contributed by atoms with van der Waals surface area (Å²) in [5.74, 6) is -0.367. The van der Waals surface area contributed by atoms with E-state index in [1.54, 1.807) is 12.1 Å². The van der Waals surface area contributed by atoms with Crippen LogP contribution in [0.3, 0.4) is 0 Å². The molecule has 0 atom stereocenters. The predicted octanol–water partition coefficient (Wildman–Crippen LogP) is 3.28. The maximum atomic E-state index is 12.9. The smallest absolute Gasteiger partial charge is 0.279 e. The Kier molecular flexibility index (Phi) is 6.01. The summed E-state index contributed by atoms with van der Waals surface area (Å²) in [5.41, 5.74) is 1.25. The van der Waals surface area contributed by atoms with Crippen LogP contribution in [0.25, 0.3) is 21.0 Å². The minimum Gasteiger partial charge on any atom is -0.380 e. The normalized spacial score (nSPS) is 12.6. The lowest BCUT2D eigenvalue weighted by molar-refractivity contribution is 0.0996. The van der Waals surface area contributed by atoms with Gasteiger partial charge < -0.3 is 9.30 Å². The van der Waals surface area contributed by atoms with E-state index < -0.39 is 10.0 Å². The van der Waals surface area contributed by atoms with E-state index in [2.05, 4.69) is 4.99 Å². The van der Waals surface area contributed by atoms with E-state index in [1.165, 1.54) is 23.5 Å². The van der Waals surface area contributed by atoms with Gasteiger partial charge in [-0.1, -0.05) is 41.7 Å². The quantitative estimate of drug-likeness (QED) is 0.451. The Labute approximate surface area is 183 Å². The number of aromatic nitrogens is 1. The van der Waals surface area contributed by atoms with Gasteiger partial charge in [-0.2, -0.15) is 4.99 Å². The molecule has 0 aliphatic carbocycles. The highest BCUT2D eigenvalue weighted by molar-refractivity contribution is 7.89. The number of amides is 1. The van der Waals surface area contributed by atoms with Crippen molar-refractivity contribution in [3.63, 3.8) is 0 Å². The van der Waals surface area contributed by atoms with Crippen molar-refractivity contribution in [1.29, 1.82) is 0 Å². The maximum absolute atomic E-state index is 12.9. The van der Waals surface area contributed by atoms with E-state index in [0.717, 1.165) is 16.3 Å². The third-order valence-corrected chi connectivity index (χ3v) is 6.79. The Morgan fingerprint density at radius 2 is 1.87 bits per heavy atom. The number of hydrogen-bond acceptors (Lipinski definition) is 5. The minimum absolute atomic E-state index is 0.0191. The van der Waals surface area contributed by atoms with Crippen molar-refractivity contribution in [1.82, 2.24) is 4.57 Å². The molecule has 0 unspecified atom stereocenters. The van der Waals surface area contributed by atoms with E-state index in [4.69, 9.17) is 9.88 Å². The van der Waals surface area contributed by atoms with E-state index in [1.807, 2.05) is 47.9 Å². The van der Waals surface area contributed by atoms with Crippen molar-refractivity contribution in [2.24, 2.45) is 10.1 Å². The molecule has 2 N–H and O–H groups in total. The second kappa shape index (κ2) is 8.72. The van der Waals surface area contributed by atoms with Gasteiger partial charge in [0.05, 0.1) is 21.7 Å². The summed E-state index contributed by atoms with van der Waals surface area (Å²) in [6.45, 7) is 3.40. The van der Waals surface area contributed by atoms with Crippen LogP contribution in [-0.4, -0.2) is 32.1 Å². The van der Waals surface area contributed by atoms with Crippen molar-refractivity contribution < 1.29 is 17.9 Å². The van der Waals surface area contributed by atoms with Crippen molar-refractivity contribution in [2.75, 3.05) is 13.2 Å². The summed E-state index contributed by atoms with van der Waals surface area (Å²) < 4.78 is 31.5. The average Bonchev–Trinajstić information content (AvgIpc) is 3.09. The lowest BCUT2D eigenvalue weighted by Gasteiger charge is -2.06. The fourth-order valence-corrected chi connectivity index (χ4v) is 5.01. The van der Waals surface area contributed by atoms with Crippen LogP contribution < -0.4 is 9.94 Å². The van der Waals surface area contributed by atoms with E-state index in [0.29, 0.717) is 34.8 Å².